The molecule has 0 fully saturated rings. The van der Waals surface area contributed by atoms with E-state index in [-0.39, 0.29) is 23.5 Å². The van der Waals surface area contributed by atoms with Crippen molar-refractivity contribution in [3.8, 4) is 11.8 Å². The highest BCUT2D eigenvalue weighted by molar-refractivity contribution is 7.99. The van der Waals surface area contributed by atoms with Crippen LogP contribution in [-0.2, 0) is 17.6 Å². The number of rotatable bonds is 7. The molecule has 178 valence electrons. The van der Waals surface area contributed by atoms with Gasteiger partial charge in [0.2, 0.25) is 5.91 Å². The van der Waals surface area contributed by atoms with Gasteiger partial charge in [0.25, 0.3) is 0 Å². The molecule has 1 aliphatic rings. The number of nitrogens with zero attached hydrogens (tertiary/aromatic N) is 5. The first-order chi connectivity index (χ1) is 16.4. The molecule has 2 heterocycles. The third-order valence-electron chi connectivity index (χ3n) is 6.01. The van der Waals surface area contributed by atoms with E-state index in [9.17, 15) is 14.4 Å². The molecular weight excluding hydrogens is 471 g/mol. The zero-order valence-corrected chi connectivity index (χ0v) is 21.1. The second kappa shape index (κ2) is 10.7. The van der Waals surface area contributed by atoms with Gasteiger partial charge in [0.1, 0.15) is 16.9 Å². The second-order valence-corrected chi connectivity index (χ2v) is 10.6. The van der Waals surface area contributed by atoms with Crippen LogP contribution < -0.4 is 5.32 Å². The van der Waals surface area contributed by atoms with Crippen molar-refractivity contribution in [1.82, 2.24) is 19.7 Å². The van der Waals surface area contributed by atoms with Crippen LogP contribution in [0, 0.1) is 17.1 Å². The van der Waals surface area contributed by atoms with Gasteiger partial charge in [0.05, 0.1) is 17.4 Å². The van der Waals surface area contributed by atoms with E-state index >= 15 is 0 Å². The maximum Gasteiger partial charge on any atom is 0.235 e. The van der Waals surface area contributed by atoms with E-state index in [4.69, 9.17) is 0 Å². The number of anilines is 1. The van der Waals surface area contributed by atoms with Crippen LogP contribution in [0.15, 0.2) is 29.4 Å². The molecule has 0 bridgehead atoms. The van der Waals surface area contributed by atoms with Crippen LogP contribution in [0.3, 0.4) is 0 Å². The lowest BCUT2D eigenvalue weighted by molar-refractivity contribution is -0.113. The van der Waals surface area contributed by atoms with Gasteiger partial charge in [0, 0.05) is 10.6 Å². The van der Waals surface area contributed by atoms with Gasteiger partial charge in [0.15, 0.2) is 11.0 Å². The summed E-state index contributed by atoms with van der Waals surface area (Å²) in [5.74, 6) is 0.292. The lowest BCUT2D eigenvalue weighted by Crippen LogP contribution is -2.21. The number of hydrogen-bond donors (Lipinski definition) is 1. The maximum absolute atomic E-state index is 13.5. The summed E-state index contributed by atoms with van der Waals surface area (Å²) in [6, 6.07) is 8.39. The van der Waals surface area contributed by atoms with Crippen molar-refractivity contribution < 1.29 is 9.18 Å². The summed E-state index contributed by atoms with van der Waals surface area (Å²) in [6.45, 7) is 2.01. The third-order valence-corrected chi connectivity index (χ3v) is 8.15. The number of halogens is 1. The molecule has 2 aromatic heterocycles. The Bertz CT molecular complexity index is 1210. The van der Waals surface area contributed by atoms with Gasteiger partial charge >= 0.3 is 0 Å². The number of hydrogen-bond acceptors (Lipinski definition) is 7. The summed E-state index contributed by atoms with van der Waals surface area (Å²) in [6.07, 6.45) is 5.23. The first-order valence-corrected chi connectivity index (χ1v) is 13.0. The van der Waals surface area contributed by atoms with E-state index < -0.39 is 0 Å². The van der Waals surface area contributed by atoms with Gasteiger partial charge < -0.3 is 5.32 Å². The molecule has 1 unspecified atom stereocenters. The van der Waals surface area contributed by atoms with Crippen LogP contribution in [0.4, 0.5) is 9.39 Å². The molecule has 1 aliphatic carbocycles. The predicted molar refractivity (Wildman–Crippen MR) is 133 cm³/mol. The Morgan fingerprint density at radius 2 is 2.00 bits per heavy atom. The van der Waals surface area contributed by atoms with Gasteiger partial charge in [-0.05, 0) is 76.5 Å². The van der Waals surface area contributed by atoms with Crippen LogP contribution in [0.1, 0.15) is 54.1 Å². The minimum absolute atomic E-state index is 0.0413. The Morgan fingerprint density at radius 3 is 2.71 bits per heavy atom. The molecular formula is C24H27FN6OS2. The summed E-state index contributed by atoms with van der Waals surface area (Å²) < 4.78 is 15.4. The first kappa shape index (κ1) is 24.4. The fourth-order valence-corrected chi connectivity index (χ4v) is 5.97. The lowest BCUT2D eigenvalue weighted by Gasteiger charge is -2.20. The topological polar surface area (TPSA) is 86.8 Å². The van der Waals surface area contributed by atoms with Gasteiger partial charge in [-0.25, -0.2) is 4.39 Å². The van der Waals surface area contributed by atoms with Gasteiger partial charge in [-0.2, -0.15) is 5.26 Å². The van der Waals surface area contributed by atoms with Crippen molar-refractivity contribution in [2.45, 2.75) is 50.2 Å². The van der Waals surface area contributed by atoms with E-state index in [1.54, 1.807) is 12.1 Å². The molecule has 0 aliphatic heterocycles. The number of fused-ring (bicyclic) bond motifs is 1. The Morgan fingerprint density at radius 1 is 1.26 bits per heavy atom. The Kier molecular flexibility index (Phi) is 7.66. The molecule has 0 saturated heterocycles. The average molecular weight is 499 g/mol. The quantitative estimate of drug-likeness (QED) is 0.366. The number of thioether (sulfide) groups is 1. The van der Waals surface area contributed by atoms with Crippen LogP contribution in [0.25, 0.3) is 5.69 Å². The summed E-state index contributed by atoms with van der Waals surface area (Å²) in [5, 5.41) is 22.5. The summed E-state index contributed by atoms with van der Waals surface area (Å²) in [5.41, 5.74) is 2.44. The monoisotopic (exact) mass is 498 g/mol. The number of carbonyl (C=O) groups is 1. The average Bonchev–Trinajstić information content (AvgIpc) is 3.30. The number of amides is 1. The highest BCUT2D eigenvalue weighted by Crippen LogP contribution is 2.37. The number of nitriles is 1. The maximum atomic E-state index is 13.5. The van der Waals surface area contributed by atoms with E-state index in [1.165, 1.54) is 46.5 Å². The zero-order valence-electron chi connectivity index (χ0n) is 19.5. The zero-order chi connectivity index (χ0) is 24.2. The van der Waals surface area contributed by atoms with E-state index in [2.05, 4.69) is 21.6 Å². The van der Waals surface area contributed by atoms with Crippen molar-refractivity contribution in [2.24, 2.45) is 0 Å². The van der Waals surface area contributed by atoms with Gasteiger partial charge in [-0.3, -0.25) is 14.3 Å². The van der Waals surface area contributed by atoms with Crippen LogP contribution in [0.2, 0.25) is 0 Å². The second-order valence-electron chi connectivity index (χ2n) is 8.51. The molecule has 4 rings (SSSR count). The standard InChI is InChI=1S/C24H27FN6OS2/c1-15(30(2)3)22-28-29-24(31(22)17-11-9-16(25)10-12-17)33-14-21(32)27-23-19(13-26)18-7-5-4-6-8-20(18)34-23/h9-12,15H,4-8,14H2,1-3H3,(H,27,32). The molecule has 7 nitrogen and oxygen atoms in total. The number of nitrogens with one attached hydrogen (secondary N) is 1. The summed E-state index contributed by atoms with van der Waals surface area (Å²) in [4.78, 5) is 16.1. The minimum atomic E-state index is -0.324. The lowest BCUT2D eigenvalue weighted by atomic mass is 10.1. The fourth-order valence-electron chi connectivity index (χ4n) is 3.95. The van der Waals surface area contributed by atoms with E-state index in [0.717, 1.165) is 36.9 Å². The third kappa shape index (κ3) is 5.17. The summed E-state index contributed by atoms with van der Waals surface area (Å²) in [7, 11) is 3.90. The van der Waals surface area contributed by atoms with Crippen molar-refractivity contribution in [1.29, 1.82) is 5.26 Å². The Hall–Kier alpha value is -2.74. The molecule has 0 spiro atoms. The smallest absolute Gasteiger partial charge is 0.235 e. The van der Waals surface area contributed by atoms with Gasteiger partial charge in [-0.15, -0.1) is 21.5 Å². The number of thiophene rings is 1. The number of benzene rings is 1. The molecule has 3 aromatic rings. The molecule has 0 saturated carbocycles. The number of aromatic nitrogens is 3. The highest BCUT2D eigenvalue weighted by atomic mass is 32.2. The summed E-state index contributed by atoms with van der Waals surface area (Å²) >= 11 is 2.79. The minimum Gasteiger partial charge on any atom is -0.316 e. The van der Waals surface area contributed by atoms with Crippen LogP contribution in [0.5, 0.6) is 0 Å². The van der Waals surface area contributed by atoms with Gasteiger partial charge in [-0.1, -0.05) is 18.2 Å². The molecule has 1 amide bonds. The predicted octanol–water partition coefficient (Wildman–Crippen LogP) is 4.96. The first-order valence-electron chi connectivity index (χ1n) is 11.2. The normalized spacial score (nSPS) is 14.4. The van der Waals surface area contributed by atoms with Crippen LogP contribution >= 0.6 is 23.1 Å². The van der Waals surface area contributed by atoms with Crippen molar-refractivity contribution in [3.63, 3.8) is 0 Å². The largest absolute Gasteiger partial charge is 0.316 e. The van der Waals surface area contributed by atoms with Crippen molar-refractivity contribution in [3.05, 3.63) is 51.9 Å². The molecule has 10 heteroatoms. The number of carbonyl (C=O) groups excluding carboxylic acids is 1. The highest BCUT2D eigenvalue weighted by Gasteiger charge is 2.23. The Balaban J connectivity index is 1.53. The number of aryl methyl sites for hydroxylation is 1. The molecule has 0 radical (unpaired) electrons. The SMILES string of the molecule is CC(c1nnc(SCC(=O)Nc2sc3c(c2C#N)CCCCC3)n1-c1ccc(F)cc1)N(C)C. The van der Waals surface area contributed by atoms with Crippen molar-refractivity contribution >= 4 is 34.0 Å². The molecule has 1 aromatic carbocycles. The fraction of sp³-hybridized carbons (Fsp3) is 0.417. The van der Waals surface area contributed by atoms with E-state index in [1.807, 2.05) is 30.5 Å². The van der Waals surface area contributed by atoms with Crippen molar-refractivity contribution in [2.75, 3.05) is 25.2 Å². The molecule has 34 heavy (non-hydrogen) atoms. The van der Waals surface area contributed by atoms with Crippen LogP contribution in [-0.4, -0.2) is 45.4 Å². The van der Waals surface area contributed by atoms with E-state index in [0.29, 0.717) is 21.5 Å². The molecule has 1 atom stereocenters. The molecule has 1 N–H and O–H groups in total. The Labute approximate surface area is 207 Å².